The average molecular weight is 245 g/mol. The Morgan fingerprint density at radius 1 is 1.17 bits per heavy atom. The van der Waals surface area contributed by atoms with Gasteiger partial charge < -0.3 is 9.31 Å². The normalized spacial score (nSPS) is 21.7. The largest absolute Gasteiger partial charge is 0.498 e. The first-order chi connectivity index (χ1) is 8.41. The van der Waals surface area contributed by atoms with Crippen LogP contribution in [0, 0.1) is 0 Å². The van der Waals surface area contributed by atoms with Gasteiger partial charge in [0.15, 0.2) is 5.65 Å². The number of hydrogen-bond donors (Lipinski definition) is 0. The lowest BCUT2D eigenvalue weighted by molar-refractivity contribution is 0.00578. The molecular formula is C12H16BN3O2. The van der Waals surface area contributed by atoms with Crippen LogP contribution in [0.3, 0.4) is 0 Å². The van der Waals surface area contributed by atoms with E-state index in [1.165, 1.54) is 6.33 Å². The zero-order chi connectivity index (χ0) is 13.0. The molecule has 0 bridgehead atoms. The molecule has 0 spiro atoms. The molecule has 1 aliphatic rings. The second-order valence-electron chi connectivity index (χ2n) is 5.58. The Kier molecular flexibility index (Phi) is 2.31. The molecule has 1 aliphatic heterocycles. The lowest BCUT2D eigenvalue weighted by Crippen LogP contribution is -2.41. The highest BCUT2D eigenvalue weighted by molar-refractivity contribution is 6.64. The monoisotopic (exact) mass is 245 g/mol. The summed E-state index contributed by atoms with van der Waals surface area (Å²) < 4.78 is 13.8. The van der Waals surface area contributed by atoms with Crippen LogP contribution in [0.1, 0.15) is 27.7 Å². The number of rotatable bonds is 1. The van der Waals surface area contributed by atoms with Gasteiger partial charge in [-0.05, 0) is 33.8 Å². The molecule has 2 aromatic rings. The summed E-state index contributed by atoms with van der Waals surface area (Å²) in [6.07, 6.45) is 3.39. The van der Waals surface area contributed by atoms with Crippen molar-refractivity contribution in [1.29, 1.82) is 0 Å². The lowest BCUT2D eigenvalue weighted by atomic mass is 9.80. The Morgan fingerprint density at radius 2 is 1.83 bits per heavy atom. The number of hydrogen-bond acceptors (Lipinski definition) is 4. The van der Waals surface area contributed by atoms with Crippen LogP contribution in [0.5, 0.6) is 0 Å². The van der Waals surface area contributed by atoms with E-state index >= 15 is 0 Å². The van der Waals surface area contributed by atoms with Crippen LogP contribution in [0.25, 0.3) is 5.65 Å². The van der Waals surface area contributed by atoms with Crippen molar-refractivity contribution in [2.75, 3.05) is 0 Å². The van der Waals surface area contributed by atoms with Gasteiger partial charge in [0.25, 0.3) is 0 Å². The molecule has 18 heavy (non-hydrogen) atoms. The van der Waals surface area contributed by atoms with E-state index in [9.17, 15) is 0 Å². The van der Waals surface area contributed by atoms with E-state index in [2.05, 4.69) is 10.1 Å². The average Bonchev–Trinajstić information content (AvgIpc) is 2.81. The minimum atomic E-state index is -0.400. The number of aromatic nitrogens is 3. The number of pyridine rings is 1. The van der Waals surface area contributed by atoms with E-state index in [1.807, 2.05) is 46.0 Å². The maximum absolute atomic E-state index is 6.02. The topological polar surface area (TPSA) is 48.7 Å². The molecule has 1 saturated heterocycles. The molecule has 0 aromatic carbocycles. The number of nitrogens with zero attached hydrogens (tertiary/aromatic N) is 3. The van der Waals surface area contributed by atoms with Crippen molar-refractivity contribution in [3.63, 3.8) is 0 Å². The Labute approximate surface area is 106 Å². The summed E-state index contributed by atoms with van der Waals surface area (Å²) in [5.41, 5.74) is 0.999. The van der Waals surface area contributed by atoms with Crippen LogP contribution < -0.4 is 5.46 Å². The van der Waals surface area contributed by atoms with Crippen LogP contribution in [-0.4, -0.2) is 32.9 Å². The van der Waals surface area contributed by atoms with Crippen molar-refractivity contribution in [3.05, 3.63) is 24.7 Å². The molecule has 0 unspecified atom stereocenters. The molecule has 2 aromatic heterocycles. The van der Waals surface area contributed by atoms with E-state index < -0.39 is 7.12 Å². The Balaban J connectivity index is 2.05. The predicted molar refractivity (Wildman–Crippen MR) is 68.7 cm³/mol. The van der Waals surface area contributed by atoms with Crippen LogP contribution in [0.2, 0.25) is 0 Å². The molecular weight excluding hydrogens is 229 g/mol. The molecule has 0 N–H and O–H groups in total. The quantitative estimate of drug-likeness (QED) is 0.704. The van der Waals surface area contributed by atoms with Crippen LogP contribution in [-0.2, 0) is 9.31 Å². The molecule has 6 heteroatoms. The first kappa shape index (κ1) is 11.7. The maximum atomic E-state index is 6.02. The van der Waals surface area contributed by atoms with Gasteiger partial charge in [0.05, 0.1) is 11.2 Å². The van der Waals surface area contributed by atoms with Gasteiger partial charge in [0.1, 0.15) is 6.33 Å². The minimum Gasteiger partial charge on any atom is -0.399 e. The summed E-state index contributed by atoms with van der Waals surface area (Å²) in [5, 5.41) is 4.12. The predicted octanol–water partition coefficient (Wildman–Crippen LogP) is 1.03. The Bertz CT molecular complexity index is 578. The van der Waals surface area contributed by atoms with Crippen molar-refractivity contribution in [2.24, 2.45) is 0 Å². The number of fused-ring (bicyclic) bond motifs is 1. The van der Waals surface area contributed by atoms with Crippen LogP contribution in [0.15, 0.2) is 24.7 Å². The highest BCUT2D eigenvalue weighted by atomic mass is 16.7. The van der Waals surface area contributed by atoms with Crippen molar-refractivity contribution in [1.82, 2.24) is 14.6 Å². The zero-order valence-corrected chi connectivity index (χ0v) is 11.0. The highest BCUT2D eigenvalue weighted by Gasteiger charge is 2.52. The van der Waals surface area contributed by atoms with Gasteiger partial charge in [-0.15, -0.1) is 0 Å². The van der Waals surface area contributed by atoms with E-state index in [-0.39, 0.29) is 11.2 Å². The van der Waals surface area contributed by atoms with Gasteiger partial charge in [-0.2, -0.15) is 5.10 Å². The van der Waals surface area contributed by atoms with Crippen molar-refractivity contribution < 1.29 is 9.31 Å². The van der Waals surface area contributed by atoms with Gasteiger partial charge in [-0.3, -0.25) is 0 Å². The molecule has 0 atom stereocenters. The van der Waals surface area contributed by atoms with E-state index in [1.54, 1.807) is 4.52 Å². The van der Waals surface area contributed by atoms with Gasteiger partial charge in [0, 0.05) is 11.7 Å². The first-order valence-electron chi connectivity index (χ1n) is 6.05. The second-order valence-corrected chi connectivity index (χ2v) is 5.58. The molecule has 3 rings (SSSR count). The summed E-state index contributed by atoms with van der Waals surface area (Å²) in [6.45, 7) is 8.15. The molecule has 0 saturated carbocycles. The lowest BCUT2D eigenvalue weighted by Gasteiger charge is -2.32. The fourth-order valence-electron chi connectivity index (χ4n) is 2.02. The van der Waals surface area contributed by atoms with E-state index in [0.717, 1.165) is 11.1 Å². The molecule has 0 amide bonds. The molecule has 1 fully saturated rings. The molecule has 0 radical (unpaired) electrons. The standard InChI is InChI=1S/C12H16BN3O2/c1-11(2)12(3,4)18-13(17-11)9-6-5-7-16-10(9)14-8-15-16/h5-8H,1-4H3. The van der Waals surface area contributed by atoms with Gasteiger partial charge in [-0.1, -0.05) is 6.07 Å². The van der Waals surface area contributed by atoms with Crippen LogP contribution in [0.4, 0.5) is 0 Å². The van der Waals surface area contributed by atoms with Gasteiger partial charge in [0.2, 0.25) is 0 Å². The summed E-state index contributed by atoms with van der Waals surface area (Å²) in [4.78, 5) is 4.25. The first-order valence-corrected chi connectivity index (χ1v) is 6.05. The summed E-state index contributed by atoms with van der Waals surface area (Å²) >= 11 is 0. The Hall–Kier alpha value is -1.40. The van der Waals surface area contributed by atoms with E-state index in [0.29, 0.717) is 0 Å². The molecule has 3 heterocycles. The highest BCUT2D eigenvalue weighted by Crippen LogP contribution is 2.36. The van der Waals surface area contributed by atoms with E-state index in [4.69, 9.17) is 9.31 Å². The summed E-state index contributed by atoms with van der Waals surface area (Å²) in [5.74, 6) is 0. The third kappa shape index (κ3) is 1.56. The van der Waals surface area contributed by atoms with Gasteiger partial charge >= 0.3 is 7.12 Å². The van der Waals surface area contributed by atoms with Crippen molar-refractivity contribution in [3.8, 4) is 0 Å². The Morgan fingerprint density at radius 3 is 2.50 bits per heavy atom. The van der Waals surface area contributed by atoms with Crippen molar-refractivity contribution in [2.45, 2.75) is 38.9 Å². The van der Waals surface area contributed by atoms with Crippen LogP contribution >= 0.6 is 0 Å². The fraction of sp³-hybridized carbons (Fsp3) is 0.500. The zero-order valence-electron chi connectivity index (χ0n) is 11.0. The molecule has 0 aliphatic carbocycles. The SMILES string of the molecule is CC1(C)OB(c2cccn3ncnc23)OC1(C)C. The third-order valence-corrected chi connectivity index (χ3v) is 3.84. The molecule has 5 nitrogen and oxygen atoms in total. The van der Waals surface area contributed by atoms with Gasteiger partial charge in [-0.25, -0.2) is 9.50 Å². The summed E-state index contributed by atoms with van der Waals surface area (Å²) in [7, 11) is -0.400. The minimum absolute atomic E-state index is 0.343. The maximum Gasteiger partial charge on any atom is 0.498 e. The third-order valence-electron chi connectivity index (χ3n) is 3.84. The summed E-state index contributed by atoms with van der Waals surface area (Å²) in [6, 6.07) is 3.88. The molecule has 94 valence electrons. The second kappa shape index (κ2) is 3.55. The smallest absolute Gasteiger partial charge is 0.399 e. The van der Waals surface area contributed by atoms with Crippen molar-refractivity contribution >= 4 is 18.2 Å². The fourth-order valence-corrected chi connectivity index (χ4v) is 2.02.